The Bertz CT molecular complexity index is 1840. The molecular formula is C32H27IrN2O3S-. The van der Waals surface area contributed by atoms with Crippen LogP contribution in [0.3, 0.4) is 0 Å². The minimum absolute atomic E-state index is 0. The third-order valence-electron chi connectivity index (χ3n) is 6.21. The zero-order valence-corrected chi connectivity index (χ0v) is 25.5. The fourth-order valence-electron chi connectivity index (χ4n) is 4.59. The van der Waals surface area contributed by atoms with E-state index in [1.54, 1.807) is 11.3 Å². The number of aliphatic hydroxyl groups is 1. The Morgan fingerprint density at radius 1 is 0.974 bits per heavy atom. The first-order valence-electron chi connectivity index (χ1n) is 12.3. The molecule has 0 unspecified atom stereocenters. The van der Waals surface area contributed by atoms with Crippen molar-refractivity contribution in [2.45, 2.75) is 34.6 Å². The van der Waals surface area contributed by atoms with Crippen LogP contribution in [0, 0.1) is 26.8 Å². The normalized spacial score (nSPS) is 11.4. The summed E-state index contributed by atoms with van der Waals surface area (Å²) >= 11 is 1.79. The number of benzene rings is 2. The van der Waals surface area contributed by atoms with Gasteiger partial charge in [-0.15, -0.1) is 29.5 Å². The number of pyridine rings is 2. The van der Waals surface area contributed by atoms with E-state index in [1.165, 1.54) is 46.2 Å². The minimum Gasteiger partial charge on any atom is -0.512 e. The summed E-state index contributed by atoms with van der Waals surface area (Å²) in [7, 11) is 0. The Labute approximate surface area is 244 Å². The van der Waals surface area contributed by atoms with Gasteiger partial charge in [0.15, 0.2) is 5.78 Å². The van der Waals surface area contributed by atoms with E-state index in [-0.39, 0.29) is 31.6 Å². The fraction of sp³-hybridized carbons (Fsp3) is 0.156. The molecule has 6 aromatic rings. The third-order valence-corrected chi connectivity index (χ3v) is 7.31. The maximum Gasteiger partial charge on any atom is 0.216 e. The Morgan fingerprint density at radius 3 is 2.38 bits per heavy atom. The van der Waals surface area contributed by atoms with Crippen LogP contribution < -0.4 is 0 Å². The van der Waals surface area contributed by atoms with E-state index in [0.717, 1.165) is 38.8 Å². The summed E-state index contributed by atoms with van der Waals surface area (Å²) in [6.45, 7) is 9.15. The maximum absolute atomic E-state index is 10.0. The number of carbonyl (C=O) groups is 1. The molecule has 2 aromatic carbocycles. The number of aromatic nitrogens is 2. The number of furan rings is 1. The van der Waals surface area contributed by atoms with Gasteiger partial charge in [-0.1, -0.05) is 35.2 Å². The predicted octanol–water partition coefficient (Wildman–Crippen LogP) is 8.68. The molecule has 199 valence electrons. The van der Waals surface area contributed by atoms with Gasteiger partial charge >= 0.3 is 0 Å². The van der Waals surface area contributed by atoms with Crippen LogP contribution in [-0.2, 0) is 24.9 Å². The van der Waals surface area contributed by atoms with Gasteiger partial charge < -0.3 is 9.52 Å². The smallest absolute Gasteiger partial charge is 0.216 e. The molecule has 5 nitrogen and oxygen atoms in total. The summed E-state index contributed by atoms with van der Waals surface area (Å²) < 4.78 is 7.33. The van der Waals surface area contributed by atoms with Crippen LogP contribution in [0.15, 0.2) is 76.9 Å². The van der Waals surface area contributed by atoms with Gasteiger partial charge in [0, 0.05) is 42.1 Å². The number of thiophene rings is 1. The molecule has 1 N–H and O–H groups in total. The van der Waals surface area contributed by atoms with E-state index in [0.29, 0.717) is 5.71 Å². The summed E-state index contributed by atoms with van der Waals surface area (Å²) in [4.78, 5) is 20.8. The predicted molar refractivity (Wildman–Crippen MR) is 156 cm³/mol. The second kappa shape index (κ2) is 11.6. The van der Waals surface area contributed by atoms with Crippen molar-refractivity contribution < 1.29 is 34.4 Å². The summed E-state index contributed by atoms with van der Waals surface area (Å²) in [5, 5.41) is 10.4. The second-order valence-corrected chi connectivity index (χ2v) is 10.4. The fourth-order valence-corrected chi connectivity index (χ4v) is 5.77. The molecule has 0 spiro atoms. The van der Waals surface area contributed by atoms with Crippen molar-refractivity contribution in [3.63, 3.8) is 0 Å². The molecular weight excluding hydrogens is 685 g/mol. The number of carbonyl (C=O) groups excluding carboxylic acids is 1. The summed E-state index contributed by atoms with van der Waals surface area (Å²) in [6.07, 6.45) is 1.17. The topological polar surface area (TPSA) is 76.2 Å². The number of fused-ring (bicyclic) bond motifs is 4. The Hall–Kier alpha value is -3.64. The van der Waals surface area contributed by atoms with E-state index in [4.69, 9.17) is 14.5 Å². The Morgan fingerprint density at radius 2 is 1.72 bits per heavy atom. The van der Waals surface area contributed by atoms with Gasteiger partial charge in [0.2, 0.25) is 5.71 Å². The molecule has 0 aliphatic carbocycles. The number of ketones is 1. The first-order valence-corrected chi connectivity index (χ1v) is 13.1. The van der Waals surface area contributed by atoms with Crippen molar-refractivity contribution in [3.05, 3.63) is 95.4 Å². The maximum atomic E-state index is 10.0. The molecule has 0 aliphatic heterocycles. The van der Waals surface area contributed by atoms with Gasteiger partial charge in [-0.2, -0.15) is 0 Å². The number of aliphatic hydroxyl groups excluding tert-OH is 1. The second-order valence-electron chi connectivity index (χ2n) is 9.36. The molecule has 0 bridgehead atoms. The molecule has 39 heavy (non-hydrogen) atoms. The average Bonchev–Trinajstić information content (AvgIpc) is 3.43. The molecule has 0 aliphatic rings. The zero-order chi connectivity index (χ0) is 27.0. The van der Waals surface area contributed by atoms with E-state index < -0.39 is 0 Å². The van der Waals surface area contributed by atoms with E-state index in [2.05, 4.69) is 67.4 Å². The van der Waals surface area contributed by atoms with Gasteiger partial charge in [-0.3, -0.25) is 9.78 Å². The number of nitrogens with zero attached hydrogens (tertiary/aromatic N) is 2. The summed E-state index contributed by atoms with van der Waals surface area (Å²) in [6, 6.07) is 24.2. The molecule has 7 heteroatoms. The zero-order valence-electron chi connectivity index (χ0n) is 22.3. The van der Waals surface area contributed by atoms with E-state index in [9.17, 15) is 4.79 Å². The quantitative estimate of drug-likeness (QED) is 0.113. The van der Waals surface area contributed by atoms with Gasteiger partial charge in [-0.05, 0) is 81.3 Å². The molecule has 6 rings (SSSR count). The Kier molecular flexibility index (Phi) is 8.45. The van der Waals surface area contributed by atoms with Crippen molar-refractivity contribution in [1.82, 2.24) is 9.97 Å². The SMILES string of the molecule is CC(=O)/C=C(/C)O.Cc1ccc2c(n1)oc1c(-c3ccc4sc(-c5c(C)cccc5C)cc4n3)[c-]ccc12.[Ir]. The van der Waals surface area contributed by atoms with Crippen molar-refractivity contribution >= 4 is 49.4 Å². The van der Waals surface area contributed by atoms with Gasteiger partial charge in [0.1, 0.15) is 0 Å². The Balaban J connectivity index is 0.000000394. The average molecular weight is 712 g/mol. The standard InChI is InChI=1S/C27H19N2OS.C5H8O2.Ir/c1-15-6-4-7-16(2)25(15)24-14-22-23(31-24)13-12-21(29-22)20-9-5-8-18-19-11-10-17(3)28-27(19)30-26(18)20;1-4(6)3-5(2)7;/h4-8,10-14H,1-3H3;3,6H,1-2H3;/q-1;;/b;4-3-;. The van der Waals surface area contributed by atoms with Gasteiger partial charge in [0.05, 0.1) is 21.6 Å². The van der Waals surface area contributed by atoms with Crippen molar-refractivity contribution in [3.8, 4) is 21.7 Å². The minimum atomic E-state index is -0.125. The van der Waals surface area contributed by atoms with Crippen molar-refractivity contribution in [2.75, 3.05) is 0 Å². The van der Waals surface area contributed by atoms with Crippen LogP contribution in [0.4, 0.5) is 0 Å². The number of allylic oxidation sites excluding steroid dienone is 2. The van der Waals surface area contributed by atoms with Crippen LogP contribution >= 0.6 is 11.3 Å². The number of hydrogen-bond acceptors (Lipinski definition) is 6. The molecule has 4 aromatic heterocycles. The largest absolute Gasteiger partial charge is 0.512 e. The molecule has 4 heterocycles. The first kappa shape index (κ1) is 28.4. The third kappa shape index (κ3) is 5.86. The molecule has 1 radical (unpaired) electrons. The molecule has 0 amide bonds. The van der Waals surface area contributed by atoms with Gasteiger partial charge in [-0.25, -0.2) is 4.98 Å². The van der Waals surface area contributed by atoms with Crippen LogP contribution in [0.1, 0.15) is 30.7 Å². The molecule has 0 saturated heterocycles. The van der Waals surface area contributed by atoms with Gasteiger partial charge in [0.25, 0.3) is 0 Å². The molecule has 0 saturated carbocycles. The monoisotopic (exact) mass is 712 g/mol. The summed E-state index contributed by atoms with van der Waals surface area (Å²) in [5.74, 6) is -0.0625. The van der Waals surface area contributed by atoms with Crippen molar-refractivity contribution in [1.29, 1.82) is 0 Å². The number of aryl methyl sites for hydroxylation is 3. The van der Waals surface area contributed by atoms with Crippen LogP contribution in [-0.4, -0.2) is 20.9 Å². The molecule has 0 atom stereocenters. The van der Waals surface area contributed by atoms with Crippen LogP contribution in [0.5, 0.6) is 0 Å². The number of hydrogen-bond donors (Lipinski definition) is 1. The van der Waals surface area contributed by atoms with E-state index >= 15 is 0 Å². The van der Waals surface area contributed by atoms with E-state index in [1.807, 2.05) is 25.1 Å². The summed E-state index contributed by atoms with van der Waals surface area (Å²) in [5.41, 5.74) is 8.99. The van der Waals surface area contributed by atoms with Crippen LogP contribution in [0.2, 0.25) is 0 Å². The first-order chi connectivity index (χ1) is 18.2. The number of rotatable bonds is 3. The van der Waals surface area contributed by atoms with Crippen LogP contribution in [0.25, 0.3) is 54.0 Å². The molecule has 0 fully saturated rings. The van der Waals surface area contributed by atoms with Crippen molar-refractivity contribution in [2.24, 2.45) is 0 Å².